The minimum Gasteiger partial charge on any atom is -0.481 e. The largest absolute Gasteiger partial charge is 0.481 e. The van der Waals surface area contributed by atoms with Crippen molar-refractivity contribution in [2.45, 2.75) is 64.7 Å². The molecule has 0 unspecified atom stereocenters. The zero-order valence-electron chi connectivity index (χ0n) is 11.9. The van der Waals surface area contributed by atoms with Gasteiger partial charge in [-0.2, -0.15) is 0 Å². The molecule has 0 aliphatic heterocycles. The highest BCUT2D eigenvalue weighted by Gasteiger charge is 2.03. The van der Waals surface area contributed by atoms with Gasteiger partial charge in [0.05, 0.1) is 6.61 Å². The quantitative estimate of drug-likeness (QED) is 0.333. The van der Waals surface area contributed by atoms with E-state index in [9.17, 15) is 9.59 Å². The van der Waals surface area contributed by atoms with Gasteiger partial charge in [-0.25, -0.2) is 0 Å². The predicted octanol–water partition coefficient (Wildman–Crippen LogP) is 3.70. The summed E-state index contributed by atoms with van der Waals surface area (Å²) in [6, 6.07) is 0. The molecular weight excluding hydrogens is 244 g/mol. The molecule has 0 aromatic carbocycles. The Morgan fingerprint density at radius 2 is 1.68 bits per heavy atom. The lowest BCUT2D eigenvalue weighted by Gasteiger charge is -2.02. The number of carbonyl (C=O) groups excluding carboxylic acids is 1. The molecule has 0 saturated heterocycles. The van der Waals surface area contributed by atoms with Crippen LogP contribution in [0.15, 0.2) is 12.2 Å². The van der Waals surface area contributed by atoms with Crippen molar-refractivity contribution in [1.82, 2.24) is 0 Å². The summed E-state index contributed by atoms with van der Waals surface area (Å²) in [5, 5.41) is 8.43. The van der Waals surface area contributed by atoms with Gasteiger partial charge in [-0.3, -0.25) is 9.59 Å². The molecule has 110 valence electrons. The molecule has 0 aromatic rings. The number of rotatable bonds is 12. The van der Waals surface area contributed by atoms with E-state index in [-0.39, 0.29) is 12.4 Å². The lowest BCUT2D eigenvalue weighted by atomic mass is 10.2. The number of carboxylic acid groups (broad SMARTS) is 1. The Morgan fingerprint density at radius 1 is 1.00 bits per heavy atom. The number of carbonyl (C=O) groups is 2. The molecule has 0 fully saturated rings. The van der Waals surface area contributed by atoms with E-state index in [0.717, 1.165) is 12.8 Å². The Labute approximate surface area is 115 Å². The number of ether oxygens (including phenoxy) is 1. The van der Waals surface area contributed by atoms with Crippen molar-refractivity contribution in [3.8, 4) is 0 Å². The van der Waals surface area contributed by atoms with E-state index in [4.69, 9.17) is 9.84 Å². The minimum atomic E-state index is -0.818. The Kier molecular flexibility index (Phi) is 12.2. The molecule has 0 radical (unpaired) electrons. The zero-order chi connectivity index (χ0) is 14.3. The van der Waals surface area contributed by atoms with Crippen LogP contribution >= 0.6 is 0 Å². The van der Waals surface area contributed by atoms with Gasteiger partial charge in [-0.15, -0.1) is 0 Å². The second-order valence-corrected chi connectivity index (χ2v) is 4.58. The lowest BCUT2D eigenvalue weighted by Crippen LogP contribution is -2.05. The molecule has 0 heterocycles. The van der Waals surface area contributed by atoms with Gasteiger partial charge >= 0.3 is 11.9 Å². The van der Waals surface area contributed by atoms with Gasteiger partial charge in [0.25, 0.3) is 0 Å². The zero-order valence-corrected chi connectivity index (χ0v) is 11.9. The summed E-state index contributed by atoms with van der Waals surface area (Å²) in [5.74, 6) is -1.05. The molecule has 0 rings (SSSR count). The van der Waals surface area contributed by atoms with Crippen LogP contribution in [0.4, 0.5) is 0 Å². The molecule has 4 heteroatoms. The molecule has 0 bridgehead atoms. The van der Waals surface area contributed by atoms with E-state index in [1.807, 2.05) is 6.08 Å². The molecular formula is C15H26O4. The first-order valence-electron chi connectivity index (χ1n) is 7.19. The molecule has 0 spiro atoms. The van der Waals surface area contributed by atoms with Gasteiger partial charge < -0.3 is 9.84 Å². The molecule has 1 N–H and O–H groups in total. The van der Waals surface area contributed by atoms with Crippen LogP contribution in [0.1, 0.15) is 64.7 Å². The van der Waals surface area contributed by atoms with Crippen molar-refractivity contribution in [3.63, 3.8) is 0 Å². The van der Waals surface area contributed by atoms with E-state index in [0.29, 0.717) is 25.9 Å². The van der Waals surface area contributed by atoms with Crippen molar-refractivity contribution in [1.29, 1.82) is 0 Å². The fraction of sp³-hybridized carbons (Fsp3) is 0.733. The summed E-state index contributed by atoms with van der Waals surface area (Å²) in [6.45, 7) is 2.60. The smallest absolute Gasteiger partial charge is 0.305 e. The third-order valence-corrected chi connectivity index (χ3v) is 2.71. The highest BCUT2D eigenvalue weighted by Crippen LogP contribution is 2.03. The van der Waals surface area contributed by atoms with Crippen LogP contribution < -0.4 is 0 Å². The number of carboxylic acids is 1. The average molecular weight is 270 g/mol. The molecule has 0 aliphatic carbocycles. The third kappa shape index (κ3) is 14.6. The van der Waals surface area contributed by atoms with Crippen LogP contribution in [-0.4, -0.2) is 23.7 Å². The fourth-order valence-corrected chi connectivity index (χ4v) is 1.61. The molecule has 0 atom stereocenters. The average Bonchev–Trinajstić information content (AvgIpc) is 2.37. The maximum atomic E-state index is 11.3. The van der Waals surface area contributed by atoms with Crippen LogP contribution in [0, 0.1) is 0 Å². The minimum absolute atomic E-state index is 0.119. The molecule has 19 heavy (non-hydrogen) atoms. The summed E-state index contributed by atoms with van der Waals surface area (Å²) in [6.07, 6.45) is 11.3. The number of unbranched alkanes of at least 4 members (excludes halogenated alkanes) is 4. The van der Waals surface area contributed by atoms with E-state index in [1.165, 1.54) is 19.3 Å². The molecule has 0 amide bonds. The number of allylic oxidation sites excluding steroid dienone is 1. The number of esters is 1. The van der Waals surface area contributed by atoms with Crippen LogP contribution in [0.25, 0.3) is 0 Å². The van der Waals surface area contributed by atoms with Crippen LogP contribution in [-0.2, 0) is 14.3 Å². The molecule has 0 aliphatic rings. The first kappa shape index (κ1) is 17.7. The third-order valence-electron chi connectivity index (χ3n) is 2.71. The van der Waals surface area contributed by atoms with Crippen molar-refractivity contribution < 1.29 is 19.4 Å². The van der Waals surface area contributed by atoms with Crippen LogP contribution in [0.3, 0.4) is 0 Å². The monoisotopic (exact) mass is 270 g/mol. The van der Waals surface area contributed by atoms with E-state index in [2.05, 4.69) is 13.0 Å². The van der Waals surface area contributed by atoms with E-state index in [1.54, 1.807) is 0 Å². The lowest BCUT2D eigenvalue weighted by molar-refractivity contribution is -0.144. The molecule has 0 aromatic heterocycles. The number of hydrogen-bond acceptors (Lipinski definition) is 3. The van der Waals surface area contributed by atoms with E-state index < -0.39 is 5.97 Å². The second-order valence-electron chi connectivity index (χ2n) is 4.58. The van der Waals surface area contributed by atoms with Crippen molar-refractivity contribution >= 4 is 11.9 Å². The van der Waals surface area contributed by atoms with Gasteiger partial charge in [-0.05, 0) is 32.1 Å². The van der Waals surface area contributed by atoms with E-state index >= 15 is 0 Å². The highest BCUT2D eigenvalue weighted by molar-refractivity contribution is 5.69. The van der Waals surface area contributed by atoms with Gasteiger partial charge in [0.2, 0.25) is 0 Å². The predicted molar refractivity (Wildman–Crippen MR) is 75.0 cm³/mol. The second kappa shape index (κ2) is 13.1. The fourth-order valence-electron chi connectivity index (χ4n) is 1.61. The maximum Gasteiger partial charge on any atom is 0.305 e. The van der Waals surface area contributed by atoms with Crippen molar-refractivity contribution in [2.75, 3.05) is 6.61 Å². The molecule has 4 nitrogen and oxygen atoms in total. The molecule has 0 saturated carbocycles. The Bertz CT molecular complexity index is 271. The summed E-state index contributed by atoms with van der Waals surface area (Å²) in [7, 11) is 0. The Balaban J connectivity index is 3.31. The standard InChI is InChI=1S/C15H26O4/c1-2-3-4-5-6-7-10-13-19-15(18)12-9-8-11-14(16)17/h6-7H,2-5,8-13H2,1H3,(H,16,17)/b7-6-. The van der Waals surface area contributed by atoms with Crippen LogP contribution in [0.5, 0.6) is 0 Å². The van der Waals surface area contributed by atoms with Crippen molar-refractivity contribution in [3.05, 3.63) is 12.2 Å². The first-order chi connectivity index (χ1) is 9.16. The van der Waals surface area contributed by atoms with Gasteiger partial charge in [-0.1, -0.05) is 31.9 Å². The van der Waals surface area contributed by atoms with Gasteiger partial charge in [0.15, 0.2) is 0 Å². The normalized spacial score (nSPS) is 10.8. The summed E-state index contributed by atoms with van der Waals surface area (Å²) in [4.78, 5) is 21.5. The first-order valence-corrected chi connectivity index (χ1v) is 7.19. The summed E-state index contributed by atoms with van der Waals surface area (Å²) < 4.78 is 5.04. The van der Waals surface area contributed by atoms with Gasteiger partial charge in [0, 0.05) is 12.8 Å². The van der Waals surface area contributed by atoms with Crippen molar-refractivity contribution in [2.24, 2.45) is 0 Å². The summed E-state index contributed by atoms with van der Waals surface area (Å²) in [5.41, 5.74) is 0. The number of hydrogen-bond donors (Lipinski definition) is 1. The van der Waals surface area contributed by atoms with Crippen LogP contribution in [0.2, 0.25) is 0 Å². The Hall–Kier alpha value is -1.32. The number of aliphatic carboxylic acids is 1. The SMILES string of the molecule is CCCCC/C=C\CCOC(=O)CCCCC(=O)O. The maximum absolute atomic E-state index is 11.3. The topological polar surface area (TPSA) is 63.6 Å². The highest BCUT2D eigenvalue weighted by atomic mass is 16.5. The van der Waals surface area contributed by atoms with Gasteiger partial charge in [0.1, 0.15) is 0 Å². The summed E-state index contributed by atoms with van der Waals surface area (Å²) >= 11 is 0. The Morgan fingerprint density at radius 3 is 2.37 bits per heavy atom.